The predicted molar refractivity (Wildman–Crippen MR) is 99.7 cm³/mol. The second-order valence-corrected chi connectivity index (χ2v) is 6.38. The summed E-state index contributed by atoms with van der Waals surface area (Å²) in [5.41, 5.74) is 9.54. The van der Waals surface area contributed by atoms with Gasteiger partial charge in [-0.25, -0.2) is 0 Å². The molecule has 4 heteroatoms. The molecular weight excluding hydrogens is 397 g/mol. The largest absolute Gasteiger partial charge is 3.00 e. The van der Waals surface area contributed by atoms with Crippen LogP contribution < -0.4 is 24.8 Å². The molecule has 0 aromatic heterocycles. The minimum absolute atomic E-state index is 0. The minimum atomic E-state index is 0. The van der Waals surface area contributed by atoms with E-state index in [1.165, 1.54) is 33.4 Å². The summed E-state index contributed by atoms with van der Waals surface area (Å²) in [6.45, 7) is 9.79. The molecule has 0 spiro atoms. The van der Waals surface area contributed by atoms with Gasteiger partial charge in [-0.05, 0) is 43.1 Å². The Labute approximate surface area is 185 Å². The van der Waals surface area contributed by atoms with Crippen LogP contribution in [-0.4, -0.2) is 0 Å². The van der Waals surface area contributed by atoms with Gasteiger partial charge in [0.1, 0.15) is 0 Å². The summed E-state index contributed by atoms with van der Waals surface area (Å²) in [6, 6.07) is 18.9. The van der Waals surface area contributed by atoms with E-state index in [9.17, 15) is 0 Å². The Kier molecular flexibility index (Phi) is 10.6. The normalized spacial score (nSPS) is 15.8. The zero-order valence-corrected chi connectivity index (χ0v) is 18.8. The SMILES string of the molecule is CC1=C(C)C(C)C(c2ccccc2C[N-]c2ccccc2)=C1C.[Cl-].[Cl-].[Ti+3]. The van der Waals surface area contributed by atoms with Gasteiger partial charge in [0.2, 0.25) is 0 Å². The number of hydrogen-bond acceptors (Lipinski definition) is 0. The Balaban J connectivity index is 0.00000208. The van der Waals surface area contributed by atoms with Gasteiger partial charge >= 0.3 is 21.7 Å². The molecule has 2 aromatic rings. The predicted octanol–water partition coefficient (Wildman–Crippen LogP) is 0.657. The van der Waals surface area contributed by atoms with E-state index in [0.29, 0.717) is 5.92 Å². The van der Waals surface area contributed by atoms with Gasteiger partial charge in [-0.1, -0.05) is 72.7 Å². The van der Waals surface area contributed by atoms with E-state index in [1.54, 1.807) is 0 Å². The molecule has 1 unspecified atom stereocenters. The van der Waals surface area contributed by atoms with Crippen molar-refractivity contribution in [2.24, 2.45) is 5.92 Å². The van der Waals surface area contributed by atoms with Gasteiger partial charge in [-0.2, -0.15) is 0 Å². The van der Waals surface area contributed by atoms with E-state index < -0.39 is 0 Å². The standard InChI is InChI=1S/C22H24N.2ClH.Ti/c1-15-16(2)18(4)22(17(15)3)21-13-9-8-10-19(21)14-23-20-11-6-5-7-12-20;;;/h5-13,17H,14H2,1-4H3;2*1H;/q-1;;;+3/p-2. The molecule has 1 aliphatic rings. The van der Waals surface area contributed by atoms with Crippen molar-refractivity contribution in [1.82, 2.24) is 0 Å². The van der Waals surface area contributed by atoms with Crippen LogP contribution >= 0.6 is 0 Å². The molecule has 1 radical (unpaired) electrons. The average molecular weight is 421 g/mol. The number of halogens is 2. The third-order valence-electron chi connectivity index (χ3n) is 5.14. The van der Waals surface area contributed by atoms with E-state index >= 15 is 0 Å². The van der Waals surface area contributed by atoms with Crippen molar-refractivity contribution in [2.45, 2.75) is 34.2 Å². The van der Waals surface area contributed by atoms with Gasteiger partial charge in [0.25, 0.3) is 0 Å². The van der Waals surface area contributed by atoms with Crippen molar-refractivity contribution >= 4 is 11.3 Å². The van der Waals surface area contributed by atoms with Crippen LogP contribution in [0, 0.1) is 5.92 Å². The molecule has 2 aromatic carbocycles. The zero-order chi connectivity index (χ0) is 16.4. The molecular formula is C22H24Cl2NTi. The first kappa shape index (κ1) is 25.0. The molecule has 0 fully saturated rings. The first-order chi connectivity index (χ1) is 11.1. The summed E-state index contributed by atoms with van der Waals surface area (Å²) in [7, 11) is 0. The van der Waals surface area contributed by atoms with Gasteiger partial charge in [0.05, 0.1) is 0 Å². The van der Waals surface area contributed by atoms with Crippen molar-refractivity contribution in [3.05, 3.63) is 87.8 Å². The van der Waals surface area contributed by atoms with Crippen molar-refractivity contribution in [3.8, 4) is 0 Å². The van der Waals surface area contributed by atoms with Crippen LogP contribution in [-0.2, 0) is 28.3 Å². The van der Waals surface area contributed by atoms with Gasteiger partial charge < -0.3 is 30.1 Å². The molecule has 0 saturated carbocycles. The fourth-order valence-corrected chi connectivity index (χ4v) is 3.43. The fraction of sp³-hybridized carbons (Fsp3) is 0.273. The van der Waals surface area contributed by atoms with Crippen LogP contribution in [0.3, 0.4) is 0 Å². The number of nitrogens with zero attached hydrogens (tertiary/aromatic N) is 1. The second-order valence-electron chi connectivity index (χ2n) is 6.38. The monoisotopic (exact) mass is 420 g/mol. The number of hydrogen-bond donors (Lipinski definition) is 0. The van der Waals surface area contributed by atoms with Gasteiger partial charge in [0, 0.05) is 5.92 Å². The van der Waals surface area contributed by atoms with Gasteiger partial charge in [-0.3, -0.25) is 0 Å². The Morgan fingerprint density at radius 2 is 1.38 bits per heavy atom. The molecule has 26 heavy (non-hydrogen) atoms. The third kappa shape index (κ3) is 5.05. The maximum absolute atomic E-state index is 4.76. The Morgan fingerprint density at radius 3 is 1.96 bits per heavy atom. The van der Waals surface area contributed by atoms with Crippen LogP contribution in [0.4, 0.5) is 5.69 Å². The smallest absolute Gasteiger partial charge is 1.00 e. The molecule has 1 nitrogen and oxygen atoms in total. The first-order valence-electron chi connectivity index (χ1n) is 8.29. The summed E-state index contributed by atoms with van der Waals surface area (Å²) in [6.07, 6.45) is 0. The second kappa shape index (κ2) is 11.0. The first-order valence-corrected chi connectivity index (χ1v) is 8.29. The molecule has 0 bridgehead atoms. The van der Waals surface area contributed by atoms with Crippen LogP contribution in [0.1, 0.15) is 38.8 Å². The summed E-state index contributed by atoms with van der Waals surface area (Å²) < 4.78 is 0. The molecule has 135 valence electrons. The third-order valence-corrected chi connectivity index (χ3v) is 5.14. The van der Waals surface area contributed by atoms with E-state index in [1.807, 2.05) is 18.2 Å². The molecule has 1 aliphatic carbocycles. The topological polar surface area (TPSA) is 14.1 Å². The molecule has 0 amide bonds. The van der Waals surface area contributed by atoms with Gasteiger partial charge in [-0.15, -0.1) is 12.2 Å². The van der Waals surface area contributed by atoms with Crippen molar-refractivity contribution in [1.29, 1.82) is 0 Å². The molecule has 3 rings (SSSR count). The Morgan fingerprint density at radius 1 is 0.808 bits per heavy atom. The summed E-state index contributed by atoms with van der Waals surface area (Å²) in [5, 5.41) is 4.76. The Hall–Kier alpha value is -0.986. The maximum atomic E-state index is 4.76. The van der Waals surface area contributed by atoms with Crippen LogP contribution in [0.25, 0.3) is 10.9 Å². The van der Waals surface area contributed by atoms with Crippen LogP contribution in [0.15, 0.2) is 71.3 Å². The summed E-state index contributed by atoms with van der Waals surface area (Å²) in [5.74, 6) is 0.493. The quantitative estimate of drug-likeness (QED) is 0.645. The molecule has 0 aliphatic heterocycles. The molecule has 0 saturated heterocycles. The van der Waals surface area contributed by atoms with Gasteiger partial charge in [0.15, 0.2) is 0 Å². The van der Waals surface area contributed by atoms with E-state index in [0.717, 1.165) is 12.2 Å². The summed E-state index contributed by atoms with van der Waals surface area (Å²) in [4.78, 5) is 0. The molecule has 0 heterocycles. The molecule has 0 N–H and O–H groups in total. The zero-order valence-electron chi connectivity index (χ0n) is 15.7. The number of benzene rings is 2. The Bertz CT molecular complexity index is 782. The maximum Gasteiger partial charge on any atom is 3.00 e. The number of rotatable bonds is 4. The fourth-order valence-electron chi connectivity index (χ4n) is 3.43. The van der Waals surface area contributed by atoms with E-state index in [4.69, 9.17) is 5.32 Å². The summed E-state index contributed by atoms with van der Waals surface area (Å²) >= 11 is 0. The minimum Gasteiger partial charge on any atom is -1.00 e. The van der Waals surface area contributed by atoms with Crippen molar-refractivity contribution in [3.63, 3.8) is 0 Å². The van der Waals surface area contributed by atoms with Crippen molar-refractivity contribution in [2.75, 3.05) is 0 Å². The molecule has 1 atom stereocenters. The van der Waals surface area contributed by atoms with Crippen molar-refractivity contribution < 1.29 is 46.5 Å². The number of para-hydroxylation sites is 1. The average Bonchev–Trinajstić information content (AvgIpc) is 2.78. The van der Waals surface area contributed by atoms with Crippen LogP contribution in [0.2, 0.25) is 0 Å². The van der Waals surface area contributed by atoms with Crippen LogP contribution in [0.5, 0.6) is 0 Å². The van der Waals surface area contributed by atoms with E-state index in [-0.39, 0.29) is 46.5 Å². The number of allylic oxidation sites excluding steroid dienone is 4. The van der Waals surface area contributed by atoms with E-state index in [2.05, 4.69) is 64.1 Å².